The Labute approximate surface area is 120 Å². The predicted molar refractivity (Wildman–Crippen MR) is 71.1 cm³/mol. The molecule has 0 amide bonds. The molecule has 0 aliphatic carbocycles. The van der Waals surface area contributed by atoms with E-state index in [-0.39, 0.29) is 23.8 Å². The Morgan fingerprint density at radius 2 is 2.25 bits per heavy atom. The minimum absolute atomic E-state index is 0.0108. The zero-order chi connectivity index (χ0) is 14.7. The van der Waals surface area contributed by atoms with Crippen molar-refractivity contribution in [1.82, 2.24) is 10.1 Å². The first-order valence-electron chi connectivity index (χ1n) is 5.95. The zero-order valence-electron chi connectivity index (χ0n) is 11.0. The number of hydrogen-bond acceptors (Lipinski definition) is 5. The lowest BCUT2D eigenvalue weighted by Gasteiger charge is -2.07. The number of aromatic nitrogens is 2. The maximum atomic E-state index is 11.1. The van der Waals surface area contributed by atoms with Gasteiger partial charge in [0.1, 0.15) is 11.3 Å². The Kier molecular flexibility index (Phi) is 4.24. The number of benzene rings is 1. The van der Waals surface area contributed by atoms with Gasteiger partial charge in [-0.15, -0.1) is 0 Å². The highest BCUT2D eigenvalue weighted by atomic mass is 35.5. The molecular formula is C13H13ClN2O4. The van der Waals surface area contributed by atoms with E-state index in [4.69, 9.17) is 26.0 Å². The van der Waals surface area contributed by atoms with Gasteiger partial charge in [-0.05, 0) is 18.2 Å². The summed E-state index contributed by atoms with van der Waals surface area (Å²) in [5.41, 5.74) is 0.0296. The van der Waals surface area contributed by atoms with Crippen LogP contribution in [-0.2, 0) is 6.61 Å². The second-order valence-electron chi connectivity index (χ2n) is 4.44. The van der Waals surface area contributed by atoms with E-state index >= 15 is 0 Å². The predicted octanol–water partition coefficient (Wildman–Crippen LogP) is 3.12. The molecule has 0 bridgehead atoms. The number of ether oxygens (including phenoxy) is 1. The Bertz CT molecular complexity index is 625. The number of nitrogens with zero attached hydrogens (tertiary/aromatic N) is 2. The Hall–Kier alpha value is -2.08. The average molecular weight is 297 g/mol. The fraction of sp³-hybridized carbons (Fsp3) is 0.308. The quantitative estimate of drug-likeness (QED) is 0.912. The van der Waals surface area contributed by atoms with Gasteiger partial charge in [-0.1, -0.05) is 30.6 Å². The molecule has 6 nitrogen and oxygen atoms in total. The Morgan fingerprint density at radius 3 is 2.85 bits per heavy atom. The minimum atomic E-state index is -1.09. The molecule has 0 saturated heterocycles. The summed E-state index contributed by atoms with van der Waals surface area (Å²) in [5.74, 6) is 0.0590. The van der Waals surface area contributed by atoms with Gasteiger partial charge in [-0.25, -0.2) is 4.79 Å². The third-order valence-corrected chi connectivity index (χ3v) is 2.74. The topological polar surface area (TPSA) is 85.5 Å². The number of carboxylic acid groups (broad SMARTS) is 1. The van der Waals surface area contributed by atoms with Gasteiger partial charge in [0, 0.05) is 10.9 Å². The summed E-state index contributed by atoms with van der Waals surface area (Å²) < 4.78 is 10.4. The van der Waals surface area contributed by atoms with E-state index in [1.807, 2.05) is 13.8 Å². The summed E-state index contributed by atoms with van der Waals surface area (Å²) in [7, 11) is 0. The molecule has 0 aliphatic heterocycles. The van der Waals surface area contributed by atoms with Crippen LogP contribution in [0.5, 0.6) is 5.75 Å². The summed E-state index contributed by atoms with van der Waals surface area (Å²) in [6.45, 7) is 3.87. The minimum Gasteiger partial charge on any atom is -0.485 e. The molecule has 0 radical (unpaired) electrons. The van der Waals surface area contributed by atoms with Crippen molar-refractivity contribution in [2.45, 2.75) is 26.4 Å². The normalized spacial score (nSPS) is 10.8. The van der Waals surface area contributed by atoms with Crippen LogP contribution in [0.1, 0.15) is 41.8 Å². The SMILES string of the molecule is CC(C)c1nc(COc2cc(Cl)ccc2C(=O)O)no1. The summed E-state index contributed by atoms with van der Waals surface area (Å²) in [5, 5.41) is 13.2. The monoisotopic (exact) mass is 296 g/mol. The highest BCUT2D eigenvalue weighted by Crippen LogP contribution is 2.24. The van der Waals surface area contributed by atoms with E-state index in [1.54, 1.807) is 0 Å². The van der Waals surface area contributed by atoms with Crippen LogP contribution in [-0.4, -0.2) is 21.2 Å². The number of aromatic carboxylic acids is 1. The van der Waals surface area contributed by atoms with E-state index in [0.29, 0.717) is 16.7 Å². The van der Waals surface area contributed by atoms with Crippen molar-refractivity contribution in [3.63, 3.8) is 0 Å². The number of halogens is 1. The smallest absolute Gasteiger partial charge is 0.339 e. The van der Waals surface area contributed by atoms with Gasteiger partial charge in [-0.2, -0.15) is 4.98 Å². The second kappa shape index (κ2) is 5.92. The molecular weight excluding hydrogens is 284 g/mol. The average Bonchev–Trinajstić information content (AvgIpc) is 2.85. The maximum absolute atomic E-state index is 11.1. The van der Waals surface area contributed by atoms with Crippen LogP contribution >= 0.6 is 11.6 Å². The molecule has 0 aliphatic rings. The second-order valence-corrected chi connectivity index (χ2v) is 4.87. The lowest BCUT2D eigenvalue weighted by Crippen LogP contribution is -2.04. The van der Waals surface area contributed by atoms with Gasteiger partial charge < -0.3 is 14.4 Å². The van der Waals surface area contributed by atoms with Gasteiger partial charge in [0.15, 0.2) is 6.61 Å². The molecule has 106 valence electrons. The van der Waals surface area contributed by atoms with E-state index < -0.39 is 5.97 Å². The molecule has 1 aromatic heterocycles. The summed E-state index contributed by atoms with van der Waals surface area (Å²) in [6.07, 6.45) is 0. The lowest BCUT2D eigenvalue weighted by atomic mass is 10.2. The molecule has 7 heteroatoms. The Balaban J connectivity index is 2.13. The van der Waals surface area contributed by atoms with Crippen LogP contribution in [0.15, 0.2) is 22.7 Å². The van der Waals surface area contributed by atoms with E-state index in [9.17, 15) is 4.79 Å². The van der Waals surface area contributed by atoms with Crippen molar-refractivity contribution >= 4 is 17.6 Å². The molecule has 1 heterocycles. The molecule has 2 aromatic rings. The molecule has 20 heavy (non-hydrogen) atoms. The third-order valence-electron chi connectivity index (χ3n) is 2.51. The molecule has 0 spiro atoms. The highest BCUT2D eigenvalue weighted by molar-refractivity contribution is 6.30. The largest absolute Gasteiger partial charge is 0.485 e. The van der Waals surface area contributed by atoms with Gasteiger partial charge in [0.25, 0.3) is 0 Å². The van der Waals surface area contributed by atoms with Crippen LogP contribution in [0.2, 0.25) is 5.02 Å². The number of carboxylic acids is 1. The van der Waals surface area contributed by atoms with Crippen LogP contribution in [0.25, 0.3) is 0 Å². The maximum Gasteiger partial charge on any atom is 0.339 e. The zero-order valence-corrected chi connectivity index (χ0v) is 11.7. The molecule has 0 atom stereocenters. The van der Waals surface area contributed by atoms with E-state index in [0.717, 1.165) is 0 Å². The summed E-state index contributed by atoms with van der Waals surface area (Å²) >= 11 is 5.83. The van der Waals surface area contributed by atoms with E-state index in [1.165, 1.54) is 18.2 Å². The van der Waals surface area contributed by atoms with Crippen LogP contribution in [0, 0.1) is 0 Å². The van der Waals surface area contributed by atoms with Gasteiger partial charge >= 0.3 is 5.97 Å². The van der Waals surface area contributed by atoms with Crippen molar-refractivity contribution in [2.75, 3.05) is 0 Å². The van der Waals surface area contributed by atoms with Gasteiger partial charge in [0.05, 0.1) is 0 Å². The number of carbonyl (C=O) groups is 1. The fourth-order valence-electron chi connectivity index (χ4n) is 1.50. The first-order chi connectivity index (χ1) is 9.47. The third kappa shape index (κ3) is 3.27. The van der Waals surface area contributed by atoms with Crippen molar-refractivity contribution in [3.05, 3.63) is 40.5 Å². The van der Waals surface area contributed by atoms with Gasteiger partial charge in [-0.3, -0.25) is 0 Å². The first-order valence-corrected chi connectivity index (χ1v) is 6.33. The lowest BCUT2D eigenvalue weighted by molar-refractivity contribution is 0.0691. The molecule has 2 rings (SSSR count). The molecule has 1 N–H and O–H groups in total. The van der Waals surface area contributed by atoms with Crippen LogP contribution < -0.4 is 4.74 Å². The Morgan fingerprint density at radius 1 is 1.50 bits per heavy atom. The molecule has 0 unspecified atom stereocenters. The molecule has 0 saturated carbocycles. The van der Waals surface area contributed by atoms with E-state index in [2.05, 4.69) is 10.1 Å². The number of rotatable bonds is 5. The van der Waals surface area contributed by atoms with Crippen molar-refractivity contribution in [1.29, 1.82) is 0 Å². The van der Waals surface area contributed by atoms with Gasteiger partial charge in [0.2, 0.25) is 11.7 Å². The fourth-order valence-corrected chi connectivity index (χ4v) is 1.66. The van der Waals surface area contributed by atoms with Crippen LogP contribution in [0.4, 0.5) is 0 Å². The molecule has 0 fully saturated rings. The van der Waals surface area contributed by atoms with Crippen molar-refractivity contribution < 1.29 is 19.2 Å². The summed E-state index contributed by atoms with van der Waals surface area (Å²) in [4.78, 5) is 15.2. The molecule has 1 aromatic carbocycles. The van der Waals surface area contributed by atoms with Crippen molar-refractivity contribution in [2.24, 2.45) is 0 Å². The van der Waals surface area contributed by atoms with Crippen LogP contribution in [0.3, 0.4) is 0 Å². The number of hydrogen-bond donors (Lipinski definition) is 1. The standard InChI is InChI=1S/C13H13ClN2O4/c1-7(2)12-15-11(16-20-12)6-19-10-5-8(14)3-4-9(10)13(17)18/h3-5,7H,6H2,1-2H3,(H,17,18). The summed E-state index contributed by atoms with van der Waals surface area (Å²) in [6, 6.07) is 4.31. The first kappa shape index (κ1) is 14.3. The highest BCUT2D eigenvalue weighted by Gasteiger charge is 2.14. The van der Waals surface area contributed by atoms with Crippen molar-refractivity contribution in [3.8, 4) is 5.75 Å².